The Morgan fingerprint density at radius 1 is 0.941 bits per heavy atom. The lowest BCUT2D eigenvalue weighted by Crippen LogP contribution is -2.34. The van der Waals surface area contributed by atoms with Crippen LogP contribution in [0, 0.1) is 0 Å². The first-order valence-electron chi connectivity index (χ1n) is 6.68. The first-order valence-corrected chi connectivity index (χ1v) is 6.68. The van der Waals surface area contributed by atoms with Crippen molar-refractivity contribution < 1.29 is 13.2 Å². The monoisotopic (exact) mass is 253 g/mol. The molecule has 4 heteroatoms. The van der Waals surface area contributed by atoms with Gasteiger partial charge in [-0.15, -0.1) is 0 Å². The maximum atomic E-state index is 12.0. The van der Waals surface area contributed by atoms with E-state index in [9.17, 15) is 13.2 Å². The van der Waals surface area contributed by atoms with Gasteiger partial charge in [0.1, 0.15) is 0 Å². The summed E-state index contributed by atoms with van der Waals surface area (Å²) in [6.07, 6.45) is 0.881. The number of nitrogens with one attached hydrogen (secondary N) is 1. The van der Waals surface area contributed by atoms with Crippen molar-refractivity contribution in [1.29, 1.82) is 0 Å². The van der Waals surface area contributed by atoms with Crippen LogP contribution >= 0.6 is 0 Å². The van der Waals surface area contributed by atoms with Crippen LogP contribution in [0.25, 0.3) is 0 Å². The average Bonchev–Trinajstić information content (AvgIpc) is 2.15. The summed E-state index contributed by atoms with van der Waals surface area (Å²) in [7, 11) is 0. The lowest BCUT2D eigenvalue weighted by atomic mass is 10.1. The predicted octanol–water partition coefficient (Wildman–Crippen LogP) is 4.67. The van der Waals surface area contributed by atoms with Gasteiger partial charge in [0.15, 0.2) is 0 Å². The predicted molar refractivity (Wildman–Crippen MR) is 66.1 cm³/mol. The third-order valence-electron chi connectivity index (χ3n) is 2.91. The molecule has 0 rings (SSSR count). The highest BCUT2D eigenvalue weighted by Crippen LogP contribution is 2.22. The van der Waals surface area contributed by atoms with E-state index in [4.69, 9.17) is 0 Å². The molecular weight excluding hydrogens is 227 g/mol. The molecule has 0 heterocycles. The zero-order chi connectivity index (χ0) is 13.3. The molecule has 2 unspecified atom stereocenters. The highest BCUT2D eigenvalue weighted by Gasteiger charge is 2.26. The van der Waals surface area contributed by atoms with E-state index in [0.717, 1.165) is 6.42 Å². The quantitative estimate of drug-likeness (QED) is 0.589. The summed E-state index contributed by atoms with van der Waals surface area (Å²) >= 11 is 0. The molecule has 104 valence electrons. The van der Waals surface area contributed by atoms with Gasteiger partial charge in [-0.2, -0.15) is 13.2 Å². The maximum Gasteiger partial charge on any atom is 0.389 e. The summed E-state index contributed by atoms with van der Waals surface area (Å²) in [6, 6.07) is 0.580. The van der Waals surface area contributed by atoms with E-state index in [1.54, 1.807) is 0 Å². The van der Waals surface area contributed by atoms with Crippen LogP contribution in [0.2, 0.25) is 0 Å². The molecule has 0 aromatic rings. The Bertz CT molecular complexity index is 180. The molecule has 0 aliphatic carbocycles. The number of rotatable bonds is 9. The lowest BCUT2D eigenvalue weighted by Gasteiger charge is -2.20. The van der Waals surface area contributed by atoms with Crippen LogP contribution in [0.5, 0.6) is 0 Å². The van der Waals surface area contributed by atoms with Gasteiger partial charge in [-0.25, -0.2) is 0 Å². The van der Waals surface area contributed by atoms with Crippen LogP contribution < -0.4 is 5.32 Å². The van der Waals surface area contributed by atoms with Crippen molar-refractivity contribution in [3.8, 4) is 0 Å². The molecule has 2 atom stereocenters. The number of alkyl halides is 3. The Balaban J connectivity index is 3.53. The maximum absolute atomic E-state index is 12.0. The Hall–Kier alpha value is -0.250. The Morgan fingerprint density at radius 3 is 1.94 bits per heavy atom. The SMILES string of the molecule is CCCCCC(C)NC(C)CCCC(F)(F)F. The fraction of sp³-hybridized carbons (Fsp3) is 1.00. The molecule has 0 aliphatic rings. The van der Waals surface area contributed by atoms with Gasteiger partial charge in [-0.1, -0.05) is 26.2 Å². The van der Waals surface area contributed by atoms with Crippen molar-refractivity contribution >= 4 is 0 Å². The molecule has 0 saturated carbocycles. The van der Waals surface area contributed by atoms with Crippen molar-refractivity contribution in [1.82, 2.24) is 5.32 Å². The van der Waals surface area contributed by atoms with Gasteiger partial charge in [0.2, 0.25) is 0 Å². The van der Waals surface area contributed by atoms with Crippen molar-refractivity contribution in [2.24, 2.45) is 0 Å². The Kier molecular flexibility index (Phi) is 8.66. The van der Waals surface area contributed by atoms with E-state index >= 15 is 0 Å². The first-order chi connectivity index (χ1) is 7.85. The molecule has 1 N–H and O–H groups in total. The minimum atomic E-state index is -4.01. The fourth-order valence-electron chi connectivity index (χ4n) is 1.96. The number of hydrogen-bond acceptors (Lipinski definition) is 1. The summed E-state index contributed by atoms with van der Waals surface area (Å²) in [6.45, 7) is 6.24. The highest BCUT2D eigenvalue weighted by molar-refractivity contribution is 4.68. The largest absolute Gasteiger partial charge is 0.389 e. The smallest absolute Gasteiger partial charge is 0.312 e. The van der Waals surface area contributed by atoms with E-state index in [2.05, 4.69) is 19.2 Å². The summed E-state index contributed by atoms with van der Waals surface area (Å²) in [4.78, 5) is 0. The Labute approximate surface area is 103 Å². The molecule has 0 spiro atoms. The van der Waals surface area contributed by atoms with Gasteiger partial charge in [0.25, 0.3) is 0 Å². The van der Waals surface area contributed by atoms with Gasteiger partial charge < -0.3 is 5.32 Å². The van der Waals surface area contributed by atoms with Gasteiger partial charge in [-0.3, -0.25) is 0 Å². The summed E-state index contributed by atoms with van der Waals surface area (Å²) < 4.78 is 35.9. The number of unbranched alkanes of at least 4 members (excludes halogenated alkanes) is 2. The molecule has 0 amide bonds. The molecule has 17 heavy (non-hydrogen) atoms. The molecule has 0 aliphatic heterocycles. The zero-order valence-electron chi connectivity index (χ0n) is 11.2. The topological polar surface area (TPSA) is 12.0 Å². The molecule has 1 nitrogen and oxygen atoms in total. The molecule has 0 aromatic carbocycles. The minimum Gasteiger partial charge on any atom is -0.312 e. The van der Waals surface area contributed by atoms with Crippen molar-refractivity contribution in [3.05, 3.63) is 0 Å². The standard InChI is InChI=1S/C13H26F3N/c1-4-5-6-8-11(2)17-12(3)9-7-10-13(14,15)16/h11-12,17H,4-10H2,1-3H3. The summed E-state index contributed by atoms with van der Waals surface area (Å²) in [5.41, 5.74) is 0. The zero-order valence-corrected chi connectivity index (χ0v) is 11.2. The third-order valence-corrected chi connectivity index (χ3v) is 2.91. The molecule has 0 aromatic heterocycles. The fourth-order valence-corrected chi connectivity index (χ4v) is 1.96. The molecule has 0 bridgehead atoms. The highest BCUT2D eigenvalue weighted by atomic mass is 19.4. The molecule has 0 fully saturated rings. The second kappa shape index (κ2) is 8.78. The summed E-state index contributed by atoms with van der Waals surface area (Å²) in [5, 5.41) is 3.36. The van der Waals surface area contributed by atoms with Gasteiger partial charge >= 0.3 is 6.18 Å². The second-order valence-corrected chi connectivity index (χ2v) is 4.97. The van der Waals surface area contributed by atoms with Crippen LogP contribution in [-0.4, -0.2) is 18.3 Å². The van der Waals surface area contributed by atoms with Crippen molar-refractivity contribution in [2.75, 3.05) is 0 Å². The minimum absolute atomic E-state index is 0.175. The van der Waals surface area contributed by atoms with E-state index in [0.29, 0.717) is 12.5 Å². The van der Waals surface area contributed by atoms with Crippen LogP contribution in [0.15, 0.2) is 0 Å². The molecule has 0 saturated heterocycles. The third kappa shape index (κ3) is 12.0. The molecular formula is C13H26F3N. The first kappa shape index (κ1) is 16.8. The molecule has 0 radical (unpaired) electrons. The summed E-state index contributed by atoms with van der Waals surface area (Å²) in [5.74, 6) is 0. The van der Waals surface area contributed by atoms with Crippen LogP contribution in [0.3, 0.4) is 0 Å². The van der Waals surface area contributed by atoms with E-state index in [-0.39, 0.29) is 12.5 Å². The van der Waals surface area contributed by atoms with Crippen LogP contribution in [0.1, 0.15) is 65.7 Å². The average molecular weight is 253 g/mol. The second-order valence-electron chi connectivity index (χ2n) is 4.97. The normalized spacial score (nSPS) is 15.9. The van der Waals surface area contributed by atoms with E-state index < -0.39 is 12.6 Å². The van der Waals surface area contributed by atoms with Gasteiger partial charge in [0, 0.05) is 18.5 Å². The van der Waals surface area contributed by atoms with Crippen LogP contribution in [0.4, 0.5) is 13.2 Å². The number of halogens is 3. The lowest BCUT2D eigenvalue weighted by molar-refractivity contribution is -0.135. The van der Waals surface area contributed by atoms with Crippen molar-refractivity contribution in [3.63, 3.8) is 0 Å². The van der Waals surface area contributed by atoms with E-state index in [1.165, 1.54) is 19.3 Å². The number of hydrogen-bond donors (Lipinski definition) is 1. The van der Waals surface area contributed by atoms with Gasteiger partial charge in [-0.05, 0) is 33.1 Å². The van der Waals surface area contributed by atoms with Gasteiger partial charge in [0.05, 0.1) is 0 Å². The van der Waals surface area contributed by atoms with Crippen LogP contribution in [-0.2, 0) is 0 Å². The Morgan fingerprint density at radius 2 is 1.47 bits per heavy atom. The van der Waals surface area contributed by atoms with E-state index in [1.807, 2.05) is 6.92 Å². The van der Waals surface area contributed by atoms with Crippen molar-refractivity contribution in [2.45, 2.75) is 84.0 Å².